The molecule has 0 aliphatic rings. The normalized spacial score (nSPS) is 10.9. The Balaban J connectivity index is 2.40. The van der Waals surface area contributed by atoms with Crippen LogP contribution in [0.5, 0.6) is 5.75 Å². The van der Waals surface area contributed by atoms with Crippen molar-refractivity contribution in [2.75, 3.05) is 6.54 Å². The first-order valence-corrected chi connectivity index (χ1v) is 4.79. The molecule has 0 saturated carbocycles. The molecule has 2 rings (SSSR count). The molecule has 3 nitrogen and oxygen atoms in total. The number of benzene rings is 1. The minimum atomic E-state index is 0.310. The van der Waals surface area contributed by atoms with Gasteiger partial charge in [0.1, 0.15) is 5.75 Å². The third-order valence-corrected chi connectivity index (χ3v) is 2.36. The lowest BCUT2D eigenvalue weighted by Crippen LogP contribution is -2.04. The summed E-state index contributed by atoms with van der Waals surface area (Å²) in [5.74, 6) is 0.310. The zero-order valence-electron chi connectivity index (χ0n) is 7.98. The van der Waals surface area contributed by atoms with Gasteiger partial charge in [0.05, 0.1) is 5.52 Å². The van der Waals surface area contributed by atoms with E-state index in [-0.39, 0.29) is 0 Å². The summed E-state index contributed by atoms with van der Waals surface area (Å²) in [7, 11) is 0. The van der Waals surface area contributed by atoms with Crippen molar-refractivity contribution in [3.8, 4) is 5.75 Å². The van der Waals surface area contributed by atoms with Gasteiger partial charge in [-0.3, -0.25) is 0 Å². The maximum atomic E-state index is 9.36. The minimum Gasteiger partial charge on any atom is -0.508 e. The van der Waals surface area contributed by atoms with Gasteiger partial charge < -0.3 is 15.4 Å². The monoisotopic (exact) mass is 190 g/mol. The Morgan fingerprint density at radius 2 is 2.14 bits per heavy atom. The van der Waals surface area contributed by atoms with Crippen LogP contribution in [-0.2, 0) is 6.54 Å². The predicted molar refractivity (Wildman–Crippen MR) is 57.3 cm³/mol. The van der Waals surface area contributed by atoms with Crippen LogP contribution in [0.3, 0.4) is 0 Å². The highest BCUT2D eigenvalue weighted by Crippen LogP contribution is 2.20. The van der Waals surface area contributed by atoms with Crippen molar-refractivity contribution in [1.29, 1.82) is 0 Å². The van der Waals surface area contributed by atoms with E-state index >= 15 is 0 Å². The topological polar surface area (TPSA) is 51.2 Å². The van der Waals surface area contributed by atoms with Gasteiger partial charge in [-0.15, -0.1) is 0 Å². The molecule has 14 heavy (non-hydrogen) atoms. The Labute approximate surface area is 82.8 Å². The average Bonchev–Trinajstić information content (AvgIpc) is 2.57. The van der Waals surface area contributed by atoms with Crippen molar-refractivity contribution in [2.45, 2.75) is 13.0 Å². The van der Waals surface area contributed by atoms with E-state index in [4.69, 9.17) is 5.73 Å². The van der Waals surface area contributed by atoms with Crippen molar-refractivity contribution < 1.29 is 5.11 Å². The molecule has 0 aliphatic heterocycles. The van der Waals surface area contributed by atoms with E-state index in [9.17, 15) is 5.11 Å². The van der Waals surface area contributed by atoms with Crippen LogP contribution in [0.4, 0.5) is 0 Å². The number of hydrogen-bond donors (Lipinski definition) is 2. The number of hydrogen-bond acceptors (Lipinski definition) is 2. The number of nitrogens with two attached hydrogens (primary N) is 1. The molecule has 3 N–H and O–H groups in total. The summed E-state index contributed by atoms with van der Waals surface area (Å²) < 4.78 is 2.11. The molecule has 0 unspecified atom stereocenters. The van der Waals surface area contributed by atoms with E-state index in [0.717, 1.165) is 23.9 Å². The first-order chi connectivity index (χ1) is 6.81. The van der Waals surface area contributed by atoms with Gasteiger partial charge >= 0.3 is 0 Å². The van der Waals surface area contributed by atoms with Gasteiger partial charge in [0, 0.05) is 18.8 Å². The van der Waals surface area contributed by atoms with E-state index in [1.807, 2.05) is 18.3 Å². The summed E-state index contributed by atoms with van der Waals surface area (Å²) in [5.41, 5.74) is 6.52. The second-order valence-electron chi connectivity index (χ2n) is 3.39. The molecular weight excluding hydrogens is 176 g/mol. The zero-order chi connectivity index (χ0) is 9.97. The van der Waals surface area contributed by atoms with Gasteiger partial charge in [0.2, 0.25) is 0 Å². The van der Waals surface area contributed by atoms with Crippen molar-refractivity contribution in [1.82, 2.24) is 4.57 Å². The number of phenols is 1. The summed E-state index contributed by atoms with van der Waals surface area (Å²) >= 11 is 0. The summed E-state index contributed by atoms with van der Waals surface area (Å²) in [6, 6.07) is 7.45. The van der Waals surface area contributed by atoms with Crippen molar-refractivity contribution in [3.63, 3.8) is 0 Å². The Hall–Kier alpha value is -1.48. The van der Waals surface area contributed by atoms with Gasteiger partial charge in [-0.25, -0.2) is 0 Å². The lowest BCUT2D eigenvalue weighted by molar-refractivity contribution is 0.475. The number of aryl methyl sites for hydroxylation is 1. The van der Waals surface area contributed by atoms with Gasteiger partial charge in [-0.1, -0.05) is 0 Å². The Kier molecular flexibility index (Phi) is 2.41. The summed E-state index contributed by atoms with van der Waals surface area (Å²) in [4.78, 5) is 0. The molecular formula is C11H14N2O. The standard InChI is InChI=1S/C11H14N2O/c12-5-1-6-13-7-4-9-2-3-10(14)8-11(9)13/h2-4,7-8,14H,1,5-6,12H2. The molecule has 0 spiro atoms. The molecule has 2 aromatic rings. The molecule has 74 valence electrons. The Morgan fingerprint density at radius 1 is 1.29 bits per heavy atom. The van der Waals surface area contributed by atoms with Crippen LogP contribution in [0.25, 0.3) is 10.9 Å². The molecule has 3 heteroatoms. The molecule has 0 atom stereocenters. The average molecular weight is 190 g/mol. The highest BCUT2D eigenvalue weighted by atomic mass is 16.3. The third-order valence-electron chi connectivity index (χ3n) is 2.36. The number of rotatable bonds is 3. The molecule has 0 saturated heterocycles. The maximum Gasteiger partial charge on any atom is 0.117 e. The third kappa shape index (κ3) is 1.59. The molecule has 0 amide bonds. The number of aromatic nitrogens is 1. The highest BCUT2D eigenvalue weighted by molar-refractivity contribution is 5.81. The minimum absolute atomic E-state index is 0.310. The van der Waals surface area contributed by atoms with Crippen LogP contribution in [0.1, 0.15) is 6.42 Å². The second kappa shape index (κ2) is 3.72. The van der Waals surface area contributed by atoms with E-state index < -0.39 is 0 Å². The Bertz CT molecular complexity index is 434. The molecule has 1 aromatic heterocycles. The van der Waals surface area contributed by atoms with E-state index in [1.165, 1.54) is 0 Å². The molecule has 0 aliphatic carbocycles. The number of aromatic hydroxyl groups is 1. The smallest absolute Gasteiger partial charge is 0.117 e. The summed E-state index contributed by atoms with van der Waals surface area (Å²) in [5, 5.41) is 10.5. The Morgan fingerprint density at radius 3 is 2.93 bits per heavy atom. The lowest BCUT2D eigenvalue weighted by atomic mass is 10.2. The number of nitrogens with zero attached hydrogens (tertiary/aromatic N) is 1. The van der Waals surface area contributed by atoms with Crippen molar-refractivity contribution in [2.24, 2.45) is 5.73 Å². The van der Waals surface area contributed by atoms with Crippen LogP contribution in [0, 0.1) is 0 Å². The summed E-state index contributed by atoms with van der Waals surface area (Å²) in [6.07, 6.45) is 2.99. The van der Waals surface area contributed by atoms with Gasteiger partial charge in [-0.05, 0) is 36.6 Å². The van der Waals surface area contributed by atoms with Crippen LogP contribution < -0.4 is 5.73 Å². The van der Waals surface area contributed by atoms with E-state index in [2.05, 4.69) is 4.57 Å². The molecule has 0 radical (unpaired) electrons. The molecule has 0 bridgehead atoms. The quantitative estimate of drug-likeness (QED) is 0.773. The van der Waals surface area contributed by atoms with E-state index in [1.54, 1.807) is 12.1 Å². The van der Waals surface area contributed by atoms with Crippen molar-refractivity contribution in [3.05, 3.63) is 30.5 Å². The van der Waals surface area contributed by atoms with Crippen molar-refractivity contribution >= 4 is 10.9 Å². The number of fused-ring (bicyclic) bond motifs is 1. The molecule has 1 heterocycles. The lowest BCUT2D eigenvalue weighted by Gasteiger charge is -2.03. The maximum absolute atomic E-state index is 9.36. The predicted octanol–water partition coefficient (Wildman–Crippen LogP) is 1.70. The highest BCUT2D eigenvalue weighted by Gasteiger charge is 2.00. The fourth-order valence-electron chi connectivity index (χ4n) is 1.63. The van der Waals surface area contributed by atoms with Gasteiger partial charge in [0.15, 0.2) is 0 Å². The van der Waals surface area contributed by atoms with Crippen LogP contribution in [-0.4, -0.2) is 16.2 Å². The van der Waals surface area contributed by atoms with Gasteiger partial charge in [-0.2, -0.15) is 0 Å². The first-order valence-electron chi connectivity index (χ1n) is 4.79. The number of phenolic OH excluding ortho intramolecular Hbond substituents is 1. The van der Waals surface area contributed by atoms with E-state index in [0.29, 0.717) is 12.3 Å². The fraction of sp³-hybridized carbons (Fsp3) is 0.273. The molecule has 0 fully saturated rings. The van der Waals surface area contributed by atoms with Gasteiger partial charge in [0.25, 0.3) is 0 Å². The SMILES string of the molecule is NCCCn1ccc2ccc(O)cc21. The van der Waals surface area contributed by atoms with Crippen LogP contribution in [0.2, 0.25) is 0 Å². The fourth-order valence-corrected chi connectivity index (χ4v) is 1.63. The van der Waals surface area contributed by atoms with Crippen LogP contribution in [0.15, 0.2) is 30.5 Å². The first kappa shape index (κ1) is 9.09. The van der Waals surface area contributed by atoms with Crippen LogP contribution >= 0.6 is 0 Å². The zero-order valence-corrected chi connectivity index (χ0v) is 7.98. The second-order valence-corrected chi connectivity index (χ2v) is 3.39. The largest absolute Gasteiger partial charge is 0.508 e. The molecule has 1 aromatic carbocycles. The summed E-state index contributed by atoms with van der Waals surface area (Å²) in [6.45, 7) is 1.60.